The largest absolute Gasteiger partial charge is 0.481 e. The van der Waals surface area contributed by atoms with Crippen molar-refractivity contribution in [2.45, 2.75) is 83.5 Å². The Kier molecular flexibility index (Phi) is 3.46. The maximum atomic E-state index is 12.7. The topological polar surface area (TPSA) is 115 Å². The zero-order valence-electron chi connectivity index (χ0n) is 15.8. The Balaban J connectivity index is 1.92. The number of carbonyl (C=O) groups is 2. The second kappa shape index (κ2) is 4.89. The van der Waals surface area contributed by atoms with Gasteiger partial charge in [0.2, 0.25) is 0 Å². The Morgan fingerprint density at radius 2 is 1.77 bits per heavy atom. The maximum absolute atomic E-state index is 12.7. The van der Waals surface area contributed by atoms with E-state index in [0.29, 0.717) is 25.7 Å². The van der Waals surface area contributed by atoms with E-state index in [2.05, 4.69) is 0 Å². The Labute approximate surface area is 153 Å². The summed E-state index contributed by atoms with van der Waals surface area (Å²) in [6.07, 6.45) is 0.417. The molecule has 0 aromatic carbocycles. The summed E-state index contributed by atoms with van der Waals surface area (Å²) in [5, 5.41) is 44.2. The summed E-state index contributed by atoms with van der Waals surface area (Å²) in [4.78, 5) is 24.8. The molecule has 0 aromatic heterocycles. The highest BCUT2D eigenvalue weighted by Gasteiger charge is 2.80. The van der Waals surface area contributed by atoms with E-state index in [0.717, 1.165) is 0 Å². The summed E-state index contributed by atoms with van der Waals surface area (Å²) >= 11 is 0. The smallest absolute Gasteiger partial charge is 0.309 e. The van der Waals surface area contributed by atoms with Crippen LogP contribution in [-0.4, -0.2) is 50.0 Å². The lowest BCUT2D eigenvalue weighted by molar-refractivity contribution is -0.327. The SMILES string of the molecule is C[C@@]12C[C@H](O)[C@]3(O)[C@@](CC1=O)(C2)[C@H](O)C[C@@H]1[C@](C)(C(=O)O)CCC[C@]13C. The van der Waals surface area contributed by atoms with Crippen molar-refractivity contribution >= 4 is 11.8 Å². The van der Waals surface area contributed by atoms with Crippen molar-refractivity contribution in [2.24, 2.45) is 27.6 Å². The highest BCUT2D eigenvalue weighted by Crippen LogP contribution is 2.74. The fourth-order valence-corrected chi connectivity index (χ4v) is 7.71. The first-order valence-corrected chi connectivity index (χ1v) is 9.73. The number of ketones is 1. The molecule has 1 spiro atoms. The summed E-state index contributed by atoms with van der Waals surface area (Å²) < 4.78 is 0. The van der Waals surface area contributed by atoms with Crippen LogP contribution in [0.2, 0.25) is 0 Å². The standard InChI is InChI=1S/C20H30O6/c1-16-8-14(23)20(26)18(3)6-4-5-17(2,15(24)25)11(18)7-12(21)19(20,10-16)9-13(16)22/h11-12,14,21,23,26H,4-10H2,1-3H3,(H,24,25)/t11-,12-,14+,16+,17-,18-,19+,20-/m1/s1. The number of rotatable bonds is 1. The van der Waals surface area contributed by atoms with E-state index in [4.69, 9.17) is 0 Å². The van der Waals surface area contributed by atoms with Gasteiger partial charge >= 0.3 is 5.97 Å². The van der Waals surface area contributed by atoms with Crippen LogP contribution in [0.4, 0.5) is 0 Å². The second-order valence-corrected chi connectivity index (χ2v) is 10.3. The fourth-order valence-electron chi connectivity index (χ4n) is 7.71. The summed E-state index contributed by atoms with van der Waals surface area (Å²) in [6.45, 7) is 5.39. The number of Topliss-reactive ketones (excluding diaryl/α,β-unsaturated/α-hetero) is 1. The van der Waals surface area contributed by atoms with Gasteiger partial charge in [0.05, 0.1) is 17.6 Å². The third-order valence-electron chi connectivity index (χ3n) is 9.13. The van der Waals surface area contributed by atoms with E-state index < -0.39 is 51.4 Å². The van der Waals surface area contributed by atoms with Crippen LogP contribution in [0.25, 0.3) is 0 Å². The third kappa shape index (κ3) is 1.70. The average molecular weight is 366 g/mol. The molecule has 4 aliphatic rings. The van der Waals surface area contributed by atoms with Crippen LogP contribution in [0.5, 0.6) is 0 Å². The van der Waals surface area contributed by atoms with Crippen LogP contribution < -0.4 is 0 Å². The van der Waals surface area contributed by atoms with Gasteiger partial charge < -0.3 is 20.4 Å². The lowest BCUT2D eigenvalue weighted by atomic mass is 9.37. The molecule has 8 atom stereocenters. The first-order chi connectivity index (χ1) is 11.9. The Hall–Kier alpha value is -0.980. The number of hydrogen-bond donors (Lipinski definition) is 4. The monoisotopic (exact) mass is 366 g/mol. The molecule has 146 valence electrons. The molecular formula is C20H30O6. The van der Waals surface area contributed by atoms with Crippen molar-refractivity contribution in [1.82, 2.24) is 0 Å². The molecule has 6 nitrogen and oxygen atoms in total. The van der Waals surface area contributed by atoms with Gasteiger partial charge in [-0.3, -0.25) is 9.59 Å². The van der Waals surface area contributed by atoms with Gasteiger partial charge in [0, 0.05) is 22.7 Å². The Bertz CT molecular complexity index is 692. The second-order valence-electron chi connectivity index (χ2n) is 10.3. The molecule has 0 aromatic rings. The molecule has 6 heteroatoms. The molecule has 0 unspecified atom stereocenters. The normalized spacial score (nSPS) is 58.8. The van der Waals surface area contributed by atoms with Gasteiger partial charge in [-0.1, -0.05) is 20.3 Å². The molecule has 0 saturated heterocycles. The first kappa shape index (κ1) is 18.4. The number of carboxylic acid groups (broad SMARTS) is 1. The van der Waals surface area contributed by atoms with Crippen molar-refractivity contribution < 1.29 is 30.0 Å². The lowest BCUT2D eigenvalue weighted by Crippen LogP contribution is -2.77. The highest BCUT2D eigenvalue weighted by molar-refractivity contribution is 5.89. The molecule has 26 heavy (non-hydrogen) atoms. The number of aliphatic carboxylic acids is 1. The number of aliphatic hydroxyl groups excluding tert-OH is 2. The lowest BCUT2D eigenvalue weighted by Gasteiger charge is -2.70. The minimum absolute atomic E-state index is 0.00891. The molecular weight excluding hydrogens is 336 g/mol. The van der Waals surface area contributed by atoms with Crippen molar-refractivity contribution in [3.05, 3.63) is 0 Å². The van der Waals surface area contributed by atoms with E-state index in [1.807, 2.05) is 13.8 Å². The predicted octanol–water partition coefficient (Wildman–Crippen LogP) is 1.50. The molecule has 0 radical (unpaired) electrons. The summed E-state index contributed by atoms with van der Waals surface area (Å²) in [7, 11) is 0. The van der Waals surface area contributed by atoms with Gasteiger partial charge in [-0.05, 0) is 44.9 Å². The number of aliphatic hydroxyl groups is 3. The first-order valence-electron chi connectivity index (χ1n) is 9.73. The predicted molar refractivity (Wildman–Crippen MR) is 92.2 cm³/mol. The van der Waals surface area contributed by atoms with Crippen LogP contribution in [0, 0.1) is 27.6 Å². The summed E-state index contributed by atoms with van der Waals surface area (Å²) in [5.41, 5.74) is -5.39. The molecule has 0 amide bonds. The van der Waals surface area contributed by atoms with Crippen molar-refractivity contribution in [1.29, 1.82) is 0 Å². The quantitative estimate of drug-likeness (QED) is 0.559. The van der Waals surface area contributed by atoms with E-state index >= 15 is 0 Å². The van der Waals surface area contributed by atoms with Crippen LogP contribution >= 0.6 is 0 Å². The van der Waals surface area contributed by atoms with Gasteiger partial charge in [0.15, 0.2) is 0 Å². The molecule has 4 N–H and O–H groups in total. The Morgan fingerprint density at radius 1 is 1.12 bits per heavy atom. The third-order valence-corrected chi connectivity index (χ3v) is 9.13. The molecule has 4 saturated carbocycles. The van der Waals surface area contributed by atoms with E-state index in [9.17, 15) is 30.0 Å². The van der Waals surface area contributed by atoms with E-state index in [-0.39, 0.29) is 25.0 Å². The van der Waals surface area contributed by atoms with Gasteiger partial charge in [0.25, 0.3) is 0 Å². The Morgan fingerprint density at radius 3 is 2.38 bits per heavy atom. The van der Waals surface area contributed by atoms with Crippen LogP contribution in [-0.2, 0) is 9.59 Å². The molecule has 0 heterocycles. The number of fused-ring (bicyclic) bond motifs is 3. The van der Waals surface area contributed by atoms with Crippen molar-refractivity contribution in [3.8, 4) is 0 Å². The van der Waals surface area contributed by atoms with Crippen molar-refractivity contribution in [2.75, 3.05) is 0 Å². The number of hydrogen-bond acceptors (Lipinski definition) is 5. The van der Waals surface area contributed by atoms with Crippen LogP contribution in [0.3, 0.4) is 0 Å². The average Bonchev–Trinajstić information content (AvgIpc) is 2.77. The summed E-state index contributed by atoms with van der Waals surface area (Å²) in [6, 6.07) is 0. The summed E-state index contributed by atoms with van der Waals surface area (Å²) in [5.74, 6) is -1.38. The van der Waals surface area contributed by atoms with Gasteiger partial charge in [-0.25, -0.2) is 0 Å². The highest BCUT2D eigenvalue weighted by atomic mass is 16.4. The van der Waals surface area contributed by atoms with Gasteiger partial charge in [-0.15, -0.1) is 0 Å². The van der Waals surface area contributed by atoms with Gasteiger partial charge in [0.1, 0.15) is 11.4 Å². The molecule has 2 bridgehead atoms. The van der Waals surface area contributed by atoms with E-state index in [1.54, 1.807) is 6.92 Å². The van der Waals surface area contributed by atoms with Gasteiger partial charge in [-0.2, -0.15) is 0 Å². The fraction of sp³-hybridized carbons (Fsp3) is 0.900. The van der Waals surface area contributed by atoms with E-state index in [1.165, 1.54) is 0 Å². The maximum Gasteiger partial charge on any atom is 0.309 e. The molecule has 4 fully saturated rings. The molecule has 0 aliphatic heterocycles. The van der Waals surface area contributed by atoms with Crippen LogP contribution in [0.15, 0.2) is 0 Å². The molecule has 4 aliphatic carbocycles. The zero-order chi connectivity index (χ0) is 19.3. The minimum atomic E-state index is -1.66. The van der Waals surface area contributed by atoms with Crippen molar-refractivity contribution in [3.63, 3.8) is 0 Å². The number of carbonyl (C=O) groups excluding carboxylic acids is 1. The minimum Gasteiger partial charge on any atom is -0.481 e. The zero-order valence-corrected chi connectivity index (χ0v) is 15.8. The van der Waals surface area contributed by atoms with Crippen LogP contribution in [0.1, 0.15) is 65.7 Å². The molecule has 4 rings (SSSR count). The number of carboxylic acids is 1.